The minimum absolute atomic E-state index is 0.460. The molecule has 0 radical (unpaired) electrons. The predicted molar refractivity (Wildman–Crippen MR) is 78.1 cm³/mol. The van der Waals surface area contributed by atoms with Gasteiger partial charge in [0.05, 0.1) is 13.0 Å². The Kier molecular flexibility index (Phi) is 4.77. The van der Waals surface area contributed by atoms with Gasteiger partial charge < -0.3 is 9.84 Å². The molecule has 2 aromatic rings. The molecule has 1 atom stereocenters. The van der Waals surface area contributed by atoms with E-state index in [-0.39, 0.29) is 0 Å². The van der Waals surface area contributed by atoms with Gasteiger partial charge in [-0.05, 0) is 36.1 Å². The molecule has 2 rings (SSSR count). The third-order valence-electron chi connectivity index (χ3n) is 3.38. The fourth-order valence-corrected chi connectivity index (χ4v) is 2.22. The number of hydrogen-bond acceptors (Lipinski definition) is 2. The van der Waals surface area contributed by atoms with Crippen LogP contribution in [0.2, 0.25) is 0 Å². The molecule has 1 unspecified atom stereocenters. The molecule has 0 aliphatic carbocycles. The minimum Gasteiger partial charge on any atom is -0.497 e. The van der Waals surface area contributed by atoms with Crippen molar-refractivity contribution in [1.29, 1.82) is 0 Å². The quantitative estimate of drug-likeness (QED) is 0.874. The maximum Gasteiger partial charge on any atom is 0.310 e. The van der Waals surface area contributed by atoms with Crippen LogP contribution in [0.25, 0.3) is 0 Å². The zero-order valence-corrected chi connectivity index (χ0v) is 11.5. The molecule has 0 spiro atoms. The molecule has 0 amide bonds. The van der Waals surface area contributed by atoms with Gasteiger partial charge in [0.25, 0.3) is 0 Å². The lowest BCUT2D eigenvalue weighted by molar-refractivity contribution is -0.138. The van der Waals surface area contributed by atoms with Crippen molar-refractivity contribution < 1.29 is 14.6 Å². The Bertz CT molecular complexity index is 546. The number of benzene rings is 2. The van der Waals surface area contributed by atoms with E-state index >= 15 is 0 Å². The Morgan fingerprint density at radius 2 is 1.75 bits per heavy atom. The summed E-state index contributed by atoms with van der Waals surface area (Å²) >= 11 is 0. The van der Waals surface area contributed by atoms with Gasteiger partial charge >= 0.3 is 5.97 Å². The van der Waals surface area contributed by atoms with Crippen molar-refractivity contribution in [2.45, 2.75) is 18.8 Å². The molecule has 0 aliphatic heterocycles. The summed E-state index contributed by atoms with van der Waals surface area (Å²) in [5.74, 6) is -0.422. The summed E-state index contributed by atoms with van der Waals surface area (Å²) in [7, 11) is 1.63. The fraction of sp³-hybridized carbons (Fsp3) is 0.235. The standard InChI is InChI=1S/C17H18O3/c1-20-15-10-7-13(8-11-15)9-12-16(17(18)19)14-5-3-2-4-6-14/h2-8,10-11,16H,9,12H2,1H3,(H,18,19). The molecule has 20 heavy (non-hydrogen) atoms. The molecule has 2 aromatic carbocycles. The average Bonchev–Trinajstić information content (AvgIpc) is 2.49. The second kappa shape index (κ2) is 6.75. The zero-order chi connectivity index (χ0) is 14.4. The predicted octanol–water partition coefficient (Wildman–Crippen LogP) is 3.50. The molecular weight excluding hydrogens is 252 g/mol. The normalized spacial score (nSPS) is 11.8. The van der Waals surface area contributed by atoms with Gasteiger partial charge in [-0.15, -0.1) is 0 Å². The van der Waals surface area contributed by atoms with Gasteiger partial charge in [0, 0.05) is 0 Å². The highest BCUT2D eigenvalue weighted by atomic mass is 16.5. The van der Waals surface area contributed by atoms with Crippen molar-refractivity contribution in [3.05, 3.63) is 65.7 Å². The molecular formula is C17H18O3. The first-order valence-corrected chi connectivity index (χ1v) is 6.61. The number of aryl methyl sites for hydroxylation is 1. The highest BCUT2D eigenvalue weighted by Crippen LogP contribution is 2.22. The first-order valence-electron chi connectivity index (χ1n) is 6.61. The maximum absolute atomic E-state index is 11.4. The lowest BCUT2D eigenvalue weighted by Gasteiger charge is -2.12. The number of hydrogen-bond donors (Lipinski definition) is 1. The molecule has 0 saturated carbocycles. The van der Waals surface area contributed by atoms with Gasteiger partial charge in [-0.1, -0.05) is 42.5 Å². The van der Waals surface area contributed by atoms with Crippen molar-refractivity contribution >= 4 is 5.97 Å². The number of carboxylic acids is 1. The van der Waals surface area contributed by atoms with Gasteiger partial charge in [0.15, 0.2) is 0 Å². The average molecular weight is 270 g/mol. The van der Waals surface area contributed by atoms with Crippen LogP contribution in [0, 0.1) is 0 Å². The SMILES string of the molecule is COc1ccc(CCC(C(=O)O)c2ccccc2)cc1. The van der Waals surface area contributed by atoms with Crippen molar-refractivity contribution in [3.63, 3.8) is 0 Å². The van der Waals surface area contributed by atoms with Crippen LogP contribution in [-0.4, -0.2) is 18.2 Å². The number of carbonyl (C=O) groups is 1. The van der Waals surface area contributed by atoms with Gasteiger partial charge in [-0.3, -0.25) is 4.79 Å². The largest absolute Gasteiger partial charge is 0.497 e. The van der Waals surface area contributed by atoms with Crippen molar-refractivity contribution in [1.82, 2.24) is 0 Å². The van der Waals surface area contributed by atoms with Crippen LogP contribution in [0.1, 0.15) is 23.5 Å². The third-order valence-corrected chi connectivity index (χ3v) is 3.38. The van der Waals surface area contributed by atoms with Gasteiger partial charge in [0.1, 0.15) is 5.75 Å². The second-order valence-corrected chi connectivity index (χ2v) is 4.69. The first-order chi connectivity index (χ1) is 9.70. The van der Waals surface area contributed by atoms with Crippen molar-refractivity contribution in [2.75, 3.05) is 7.11 Å². The van der Waals surface area contributed by atoms with Crippen molar-refractivity contribution in [2.24, 2.45) is 0 Å². The van der Waals surface area contributed by atoms with E-state index in [1.54, 1.807) is 7.11 Å². The van der Waals surface area contributed by atoms with Gasteiger partial charge in [-0.2, -0.15) is 0 Å². The van der Waals surface area contributed by atoms with Gasteiger partial charge in [-0.25, -0.2) is 0 Å². The molecule has 1 N–H and O–H groups in total. The molecule has 0 aromatic heterocycles. The van der Waals surface area contributed by atoms with Crippen molar-refractivity contribution in [3.8, 4) is 5.75 Å². The topological polar surface area (TPSA) is 46.5 Å². The minimum atomic E-state index is -0.773. The molecule has 0 heterocycles. The fourth-order valence-electron chi connectivity index (χ4n) is 2.22. The van der Waals surface area contributed by atoms with E-state index in [1.165, 1.54) is 0 Å². The molecule has 3 nitrogen and oxygen atoms in total. The summed E-state index contributed by atoms with van der Waals surface area (Å²) in [6.45, 7) is 0. The van der Waals surface area contributed by atoms with Crippen LogP contribution in [0.3, 0.4) is 0 Å². The van der Waals surface area contributed by atoms with Crippen LogP contribution in [0.4, 0.5) is 0 Å². The Balaban J connectivity index is 2.04. The van der Waals surface area contributed by atoms with E-state index in [9.17, 15) is 9.90 Å². The summed E-state index contributed by atoms with van der Waals surface area (Å²) in [5, 5.41) is 9.37. The lowest BCUT2D eigenvalue weighted by Crippen LogP contribution is -2.12. The summed E-state index contributed by atoms with van der Waals surface area (Å²) in [6, 6.07) is 17.1. The summed E-state index contributed by atoms with van der Waals surface area (Å²) in [5.41, 5.74) is 1.97. The molecule has 104 valence electrons. The smallest absolute Gasteiger partial charge is 0.310 e. The zero-order valence-electron chi connectivity index (χ0n) is 11.5. The maximum atomic E-state index is 11.4. The Morgan fingerprint density at radius 1 is 1.10 bits per heavy atom. The van der Waals surface area contributed by atoms with Crippen LogP contribution >= 0.6 is 0 Å². The number of aliphatic carboxylic acids is 1. The number of methoxy groups -OCH3 is 1. The first kappa shape index (κ1) is 14.1. The van der Waals surface area contributed by atoms with E-state index in [4.69, 9.17) is 4.74 Å². The van der Waals surface area contributed by atoms with Crippen LogP contribution in [0.15, 0.2) is 54.6 Å². The second-order valence-electron chi connectivity index (χ2n) is 4.69. The number of ether oxygens (including phenoxy) is 1. The molecule has 0 bridgehead atoms. The highest BCUT2D eigenvalue weighted by molar-refractivity contribution is 5.76. The van der Waals surface area contributed by atoms with E-state index in [1.807, 2.05) is 54.6 Å². The lowest BCUT2D eigenvalue weighted by atomic mass is 9.92. The molecule has 0 fully saturated rings. The summed E-state index contributed by atoms with van der Waals surface area (Å²) in [6.07, 6.45) is 1.32. The Morgan fingerprint density at radius 3 is 2.30 bits per heavy atom. The summed E-state index contributed by atoms with van der Waals surface area (Å²) < 4.78 is 5.11. The van der Waals surface area contributed by atoms with E-state index < -0.39 is 11.9 Å². The number of carboxylic acid groups (broad SMARTS) is 1. The van der Waals surface area contributed by atoms with Gasteiger partial charge in [0.2, 0.25) is 0 Å². The molecule has 0 aliphatic rings. The van der Waals surface area contributed by atoms with E-state index in [0.717, 1.165) is 23.3 Å². The third kappa shape index (κ3) is 3.60. The van der Waals surface area contributed by atoms with Crippen LogP contribution in [-0.2, 0) is 11.2 Å². The molecule has 3 heteroatoms. The number of rotatable bonds is 6. The monoisotopic (exact) mass is 270 g/mol. The summed E-state index contributed by atoms with van der Waals surface area (Å²) in [4.78, 5) is 11.4. The Hall–Kier alpha value is -2.29. The van der Waals surface area contributed by atoms with E-state index in [0.29, 0.717) is 6.42 Å². The van der Waals surface area contributed by atoms with E-state index in [2.05, 4.69) is 0 Å². The van der Waals surface area contributed by atoms with Crippen LogP contribution < -0.4 is 4.74 Å². The molecule has 0 saturated heterocycles. The van der Waals surface area contributed by atoms with Crippen LogP contribution in [0.5, 0.6) is 5.75 Å². The Labute approximate surface area is 118 Å². The highest BCUT2D eigenvalue weighted by Gasteiger charge is 2.19.